The topological polar surface area (TPSA) is 85.7 Å². The molecule has 1 unspecified atom stereocenters. The zero-order chi connectivity index (χ0) is 23.4. The zero-order valence-electron chi connectivity index (χ0n) is 19.8. The van der Waals surface area contributed by atoms with Crippen molar-refractivity contribution in [2.24, 2.45) is 0 Å². The van der Waals surface area contributed by atoms with Crippen LogP contribution in [0.1, 0.15) is 56.4 Å². The van der Waals surface area contributed by atoms with E-state index in [1.807, 2.05) is 38.1 Å². The maximum Gasteiger partial charge on any atom is 0.273 e. The molecule has 0 bridgehead atoms. The highest BCUT2D eigenvalue weighted by atomic mass is 16.5. The van der Waals surface area contributed by atoms with E-state index in [2.05, 4.69) is 5.32 Å². The number of fused-ring (bicyclic) bond motifs is 1. The van der Waals surface area contributed by atoms with Crippen LogP contribution >= 0.6 is 0 Å². The van der Waals surface area contributed by atoms with Gasteiger partial charge in [-0.25, -0.2) is 0 Å². The molecule has 8 heteroatoms. The van der Waals surface area contributed by atoms with Crippen molar-refractivity contribution in [1.29, 1.82) is 0 Å². The number of rotatable bonds is 8. The SMILES string of the molecule is CCOc1ccc(-c2cc3n(n2)CC(C)(C(=O)NC2CCCCC2)N(CCOC)C3=O)cc1. The van der Waals surface area contributed by atoms with Crippen LogP contribution in [-0.2, 0) is 16.1 Å². The van der Waals surface area contributed by atoms with E-state index in [1.54, 1.807) is 22.8 Å². The largest absolute Gasteiger partial charge is 0.494 e. The minimum Gasteiger partial charge on any atom is -0.494 e. The third-order valence-electron chi connectivity index (χ3n) is 6.71. The molecule has 0 spiro atoms. The van der Waals surface area contributed by atoms with E-state index in [-0.39, 0.29) is 17.9 Å². The van der Waals surface area contributed by atoms with Crippen LogP contribution in [0.25, 0.3) is 11.3 Å². The Morgan fingerprint density at radius 1 is 1.21 bits per heavy atom. The van der Waals surface area contributed by atoms with Gasteiger partial charge in [0.05, 0.1) is 25.5 Å². The number of hydrogen-bond donors (Lipinski definition) is 1. The number of aromatic nitrogens is 2. The van der Waals surface area contributed by atoms with Gasteiger partial charge in [0, 0.05) is 25.3 Å². The predicted octanol–water partition coefficient (Wildman–Crippen LogP) is 3.26. The van der Waals surface area contributed by atoms with E-state index >= 15 is 0 Å². The molecule has 2 aromatic rings. The van der Waals surface area contributed by atoms with Gasteiger partial charge in [0.2, 0.25) is 5.91 Å². The van der Waals surface area contributed by atoms with Gasteiger partial charge in [-0.1, -0.05) is 19.3 Å². The first-order valence-corrected chi connectivity index (χ1v) is 11.9. The molecule has 1 atom stereocenters. The molecule has 8 nitrogen and oxygen atoms in total. The number of methoxy groups -OCH3 is 1. The summed E-state index contributed by atoms with van der Waals surface area (Å²) >= 11 is 0. The summed E-state index contributed by atoms with van der Waals surface area (Å²) in [7, 11) is 1.60. The van der Waals surface area contributed by atoms with Gasteiger partial charge in [0.1, 0.15) is 17.0 Å². The Labute approximate surface area is 195 Å². The van der Waals surface area contributed by atoms with Crippen molar-refractivity contribution in [2.75, 3.05) is 26.9 Å². The summed E-state index contributed by atoms with van der Waals surface area (Å²) in [5.41, 5.74) is 1.04. The maximum atomic E-state index is 13.5. The molecule has 2 aliphatic rings. The normalized spacial score (nSPS) is 21.1. The summed E-state index contributed by atoms with van der Waals surface area (Å²) in [4.78, 5) is 28.7. The fraction of sp³-hybridized carbons (Fsp3) is 0.560. The molecular formula is C25H34N4O4. The second kappa shape index (κ2) is 9.95. The molecule has 33 heavy (non-hydrogen) atoms. The van der Waals surface area contributed by atoms with Gasteiger partial charge in [-0.3, -0.25) is 14.3 Å². The van der Waals surface area contributed by atoms with Crippen molar-refractivity contribution in [2.45, 2.75) is 64.1 Å². The quantitative estimate of drug-likeness (QED) is 0.662. The lowest BCUT2D eigenvalue weighted by molar-refractivity contribution is -0.134. The Bertz CT molecular complexity index is 981. The summed E-state index contributed by atoms with van der Waals surface area (Å²) in [6.07, 6.45) is 5.45. The van der Waals surface area contributed by atoms with Gasteiger partial charge in [0.25, 0.3) is 5.91 Å². The number of ether oxygens (including phenoxy) is 2. The Morgan fingerprint density at radius 3 is 2.61 bits per heavy atom. The number of hydrogen-bond acceptors (Lipinski definition) is 5. The number of nitrogens with zero attached hydrogens (tertiary/aromatic N) is 3. The number of benzene rings is 1. The fourth-order valence-corrected chi connectivity index (χ4v) is 4.79. The summed E-state index contributed by atoms with van der Waals surface area (Å²) in [5.74, 6) is 0.464. The van der Waals surface area contributed by atoms with Gasteiger partial charge < -0.3 is 19.7 Å². The van der Waals surface area contributed by atoms with Gasteiger partial charge in [-0.2, -0.15) is 5.10 Å². The molecule has 178 valence electrons. The molecule has 1 N–H and O–H groups in total. The highest BCUT2D eigenvalue weighted by Crippen LogP contribution is 2.31. The minimum absolute atomic E-state index is 0.123. The Morgan fingerprint density at radius 2 is 1.94 bits per heavy atom. The molecule has 1 aromatic heterocycles. The van der Waals surface area contributed by atoms with Crippen LogP contribution in [0, 0.1) is 0 Å². The highest BCUT2D eigenvalue weighted by Gasteiger charge is 2.48. The third kappa shape index (κ3) is 4.76. The first-order valence-electron chi connectivity index (χ1n) is 11.9. The van der Waals surface area contributed by atoms with Crippen LogP contribution in [0.4, 0.5) is 0 Å². The van der Waals surface area contributed by atoms with Gasteiger partial charge >= 0.3 is 0 Å². The zero-order valence-corrected chi connectivity index (χ0v) is 19.8. The molecule has 2 heterocycles. The van der Waals surface area contributed by atoms with E-state index in [0.29, 0.717) is 37.7 Å². The van der Waals surface area contributed by atoms with Crippen molar-refractivity contribution in [1.82, 2.24) is 20.0 Å². The van der Waals surface area contributed by atoms with Crippen LogP contribution < -0.4 is 10.1 Å². The number of carbonyl (C=O) groups excluding carboxylic acids is 2. The van der Waals surface area contributed by atoms with Crippen molar-refractivity contribution in [3.63, 3.8) is 0 Å². The van der Waals surface area contributed by atoms with Crippen LogP contribution in [0.5, 0.6) is 5.75 Å². The van der Waals surface area contributed by atoms with Crippen molar-refractivity contribution >= 4 is 11.8 Å². The van der Waals surface area contributed by atoms with E-state index < -0.39 is 5.54 Å². The Hall–Kier alpha value is -2.87. The van der Waals surface area contributed by atoms with E-state index in [4.69, 9.17) is 14.6 Å². The number of nitrogens with one attached hydrogen (secondary N) is 1. The minimum atomic E-state index is -1.04. The van der Waals surface area contributed by atoms with E-state index in [9.17, 15) is 9.59 Å². The molecule has 4 rings (SSSR count). The molecule has 1 aliphatic heterocycles. The Balaban J connectivity index is 1.62. The lowest BCUT2D eigenvalue weighted by atomic mass is 9.91. The van der Waals surface area contributed by atoms with E-state index in [1.165, 1.54) is 6.42 Å². The summed E-state index contributed by atoms with van der Waals surface area (Å²) in [6, 6.07) is 9.62. The van der Waals surface area contributed by atoms with Gasteiger partial charge in [-0.15, -0.1) is 0 Å². The molecule has 1 aliphatic carbocycles. The second-order valence-corrected chi connectivity index (χ2v) is 9.06. The number of amides is 2. The van der Waals surface area contributed by atoms with Crippen LogP contribution in [0.2, 0.25) is 0 Å². The average Bonchev–Trinajstić information content (AvgIpc) is 3.24. The average molecular weight is 455 g/mol. The van der Waals surface area contributed by atoms with Gasteiger partial charge in [-0.05, 0) is 57.0 Å². The predicted molar refractivity (Wildman–Crippen MR) is 125 cm³/mol. The molecule has 2 amide bonds. The molecule has 0 saturated heterocycles. The fourth-order valence-electron chi connectivity index (χ4n) is 4.79. The summed E-state index contributed by atoms with van der Waals surface area (Å²) < 4.78 is 12.4. The Kier molecular flexibility index (Phi) is 7.02. The van der Waals surface area contributed by atoms with Crippen LogP contribution in [0.15, 0.2) is 30.3 Å². The van der Waals surface area contributed by atoms with Crippen molar-refractivity contribution in [3.05, 3.63) is 36.0 Å². The summed E-state index contributed by atoms with van der Waals surface area (Å²) in [5, 5.41) is 7.92. The third-order valence-corrected chi connectivity index (χ3v) is 6.71. The van der Waals surface area contributed by atoms with Gasteiger partial charge in [0.15, 0.2) is 0 Å². The second-order valence-electron chi connectivity index (χ2n) is 9.06. The number of carbonyl (C=O) groups is 2. The lowest BCUT2D eigenvalue weighted by Gasteiger charge is -2.44. The summed E-state index contributed by atoms with van der Waals surface area (Å²) in [6.45, 7) is 5.38. The van der Waals surface area contributed by atoms with E-state index in [0.717, 1.165) is 37.0 Å². The molecule has 0 radical (unpaired) electrons. The molecule has 1 fully saturated rings. The first kappa shape index (κ1) is 23.3. The van der Waals surface area contributed by atoms with Crippen molar-refractivity contribution in [3.8, 4) is 17.0 Å². The maximum absolute atomic E-state index is 13.5. The smallest absolute Gasteiger partial charge is 0.273 e. The standard InChI is InChI=1S/C25H34N4O4/c1-4-33-20-12-10-18(11-13-20)21-16-22-23(30)28(14-15-32-3)25(2,17-29(22)27-21)24(31)26-19-8-6-5-7-9-19/h10-13,16,19H,4-9,14-15,17H2,1-3H3,(H,26,31). The lowest BCUT2D eigenvalue weighted by Crippen LogP contribution is -2.65. The highest BCUT2D eigenvalue weighted by molar-refractivity contribution is 6.00. The van der Waals surface area contributed by atoms with Crippen molar-refractivity contribution < 1.29 is 19.1 Å². The van der Waals surface area contributed by atoms with Crippen LogP contribution in [-0.4, -0.2) is 64.9 Å². The first-order chi connectivity index (χ1) is 16.0. The molecule has 1 saturated carbocycles. The van der Waals surface area contributed by atoms with Crippen LogP contribution in [0.3, 0.4) is 0 Å². The molecular weight excluding hydrogens is 420 g/mol. The molecule has 1 aromatic carbocycles. The monoisotopic (exact) mass is 454 g/mol.